The molecule has 0 spiro atoms. The maximum Gasteiger partial charge on any atom is 0.338 e. The van der Waals surface area contributed by atoms with Crippen molar-refractivity contribution >= 4 is 23.6 Å². The Kier molecular flexibility index (Phi) is 29.7. The van der Waals surface area contributed by atoms with Crippen LogP contribution in [0.15, 0.2) is 24.3 Å². The van der Waals surface area contributed by atoms with Gasteiger partial charge in [0.05, 0.1) is 10.5 Å². The second-order valence-electron chi connectivity index (χ2n) is 14.2. The quantitative estimate of drug-likeness (QED) is 0.0223. The van der Waals surface area contributed by atoms with Gasteiger partial charge in [-0.25, -0.2) is 4.79 Å². The van der Waals surface area contributed by atoms with Gasteiger partial charge in [-0.15, -0.1) is 0 Å². The standard InChI is InChI=1S/C42H71NO8/c1-3-5-7-9-11-13-15-17-19-21-23-25-27-29-40(44)49-35-39(36-50-42(46)37-31-33-38(34-32-37)43(47)48)51-41(45)30-28-26-24-22-20-18-16-14-12-10-8-6-4-2/h31-34,39H,3-30,35-36H2,1-2H3/t39-/m1/s1. The Labute approximate surface area is 309 Å². The zero-order valence-corrected chi connectivity index (χ0v) is 32.3. The number of ether oxygens (including phenoxy) is 3. The molecule has 0 radical (unpaired) electrons. The second kappa shape index (κ2) is 32.9. The van der Waals surface area contributed by atoms with Crippen LogP contribution in [0.4, 0.5) is 5.69 Å². The molecule has 1 aromatic carbocycles. The summed E-state index contributed by atoms with van der Waals surface area (Å²) in [5.41, 5.74) is -0.000938. The van der Waals surface area contributed by atoms with Crippen LogP contribution in [0, 0.1) is 10.1 Å². The summed E-state index contributed by atoms with van der Waals surface area (Å²) in [5.74, 6) is -1.49. The SMILES string of the molecule is CCCCCCCCCCCCCCCC(=O)OC[C@H](COC(=O)c1ccc([N+](=O)[O-])cc1)OC(=O)CCCCCCCCCCCCCCC. The van der Waals surface area contributed by atoms with Gasteiger partial charge in [0.1, 0.15) is 13.2 Å². The van der Waals surface area contributed by atoms with Gasteiger partial charge < -0.3 is 14.2 Å². The summed E-state index contributed by atoms with van der Waals surface area (Å²) in [5, 5.41) is 10.9. The van der Waals surface area contributed by atoms with E-state index in [4.69, 9.17) is 14.2 Å². The van der Waals surface area contributed by atoms with Crippen molar-refractivity contribution < 1.29 is 33.5 Å². The van der Waals surface area contributed by atoms with Gasteiger partial charge in [0.2, 0.25) is 0 Å². The van der Waals surface area contributed by atoms with Crippen molar-refractivity contribution in [1.29, 1.82) is 0 Å². The molecule has 1 rings (SSSR count). The minimum atomic E-state index is -0.933. The van der Waals surface area contributed by atoms with E-state index >= 15 is 0 Å². The molecule has 1 aromatic rings. The number of nitrogens with zero attached hydrogens (tertiary/aromatic N) is 1. The van der Waals surface area contributed by atoms with Gasteiger partial charge in [-0.3, -0.25) is 19.7 Å². The smallest absolute Gasteiger partial charge is 0.338 e. The maximum atomic E-state index is 12.7. The van der Waals surface area contributed by atoms with Gasteiger partial charge in [-0.2, -0.15) is 0 Å². The Morgan fingerprint density at radius 2 is 0.882 bits per heavy atom. The number of carbonyl (C=O) groups excluding carboxylic acids is 3. The van der Waals surface area contributed by atoms with E-state index in [2.05, 4.69) is 13.8 Å². The van der Waals surface area contributed by atoms with Gasteiger partial charge in [-0.05, 0) is 25.0 Å². The van der Waals surface area contributed by atoms with Crippen molar-refractivity contribution in [3.63, 3.8) is 0 Å². The van der Waals surface area contributed by atoms with Crippen molar-refractivity contribution in [2.45, 2.75) is 200 Å². The van der Waals surface area contributed by atoms with Crippen LogP contribution in [0.5, 0.6) is 0 Å². The van der Waals surface area contributed by atoms with Crippen LogP contribution in [0.25, 0.3) is 0 Å². The molecule has 0 aliphatic heterocycles. The highest BCUT2D eigenvalue weighted by molar-refractivity contribution is 5.89. The van der Waals surface area contributed by atoms with Crippen LogP contribution >= 0.6 is 0 Å². The lowest BCUT2D eigenvalue weighted by Gasteiger charge is -2.18. The lowest BCUT2D eigenvalue weighted by molar-refractivity contribution is -0.384. The van der Waals surface area contributed by atoms with E-state index in [1.165, 1.54) is 153 Å². The zero-order chi connectivity index (χ0) is 37.2. The average Bonchev–Trinajstić information content (AvgIpc) is 3.13. The molecule has 0 fully saturated rings. The second-order valence-corrected chi connectivity index (χ2v) is 14.2. The summed E-state index contributed by atoms with van der Waals surface area (Å²) in [6.45, 7) is 4.00. The number of hydrogen-bond donors (Lipinski definition) is 0. The Balaban J connectivity index is 2.34. The van der Waals surface area contributed by atoms with E-state index in [1.807, 2.05) is 0 Å². The Hall–Kier alpha value is -2.97. The highest BCUT2D eigenvalue weighted by atomic mass is 16.6. The van der Waals surface area contributed by atoms with E-state index in [0.717, 1.165) is 32.1 Å². The normalized spacial score (nSPS) is 11.6. The molecule has 0 amide bonds. The van der Waals surface area contributed by atoms with E-state index in [-0.39, 0.29) is 36.9 Å². The minimum Gasteiger partial charge on any atom is -0.462 e. The first-order valence-corrected chi connectivity index (χ1v) is 20.6. The van der Waals surface area contributed by atoms with Crippen LogP contribution < -0.4 is 0 Å². The summed E-state index contributed by atoms with van der Waals surface area (Å²) in [6, 6.07) is 5.07. The Bertz CT molecular complexity index is 1030. The van der Waals surface area contributed by atoms with Gasteiger partial charge in [0.15, 0.2) is 6.10 Å². The fourth-order valence-corrected chi connectivity index (χ4v) is 6.16. The average molecular weight is 718 g/mol. The van der Waals surface area contributed by atoms with Crippen LogP contribution in [-0.4, -0.2) is 42.1 Å². The molecule has 0 aliphatic rings. The number of benzene rings is 1. The number of esters is 3. The molecule has 51 heavy (non-hydrogen) atoms. The fraction of sp³-hybridized carbons (Fsp3) is 0.786. The largest absolute Gasteiger partial charge is 0.462 e. The first-order chi connectivity index (χ1) is 24.9. The summed E-state index contributed by atoms with van der Waals surface area (Å²) in [7, 11) is 0. The Morgan fingerprint density at radius 1 is 0.529 bits per heavy atom. The highest BCUT2D eigenvalue weighted by Crippen LogP contribution is 2.16. The van der Waals surface area contributed by atoms with Gasteiger partial charge in [0, 0.05) is 25.0 Å². The molecule has 1 atom stereocenters. The van der Waals surface area contributed by atoms with Gasteiger partial charge >= 0.3 is 17.9 Å². The maximum absolute atomic E-state index is 12.7. The predicted molar refractivity (Wildman–Crippen MR) is 205 cm³/mol. The summed E-state index contributed by atoms with van der Waals surface area (Å²) in [6.07, 6.45) is 31.2. The summed E-state index contributed by atoms with van der Waals surface area (Å²) in [4.78, 5) is 48.1. The Morgan fingerprint density at radius 3 is 1.27 bits per heavy atom. The van der Waals surface area contributed by atoms with Crippen molar-refractivity contribution in [2.75, 3.05) is 13.2 Å². The van der Waals surface area contributed by atoms with Crippen LogP contribution in [0.3, 0.4) is 0 Å². The van der Waals surface area contributed by atoms with Crippen LogP contribution in [0.1, 0.15) is 204 Å². The number of unbranched alkanes of at least 4 members (excludes halogenated alkanes) is 24. The number of non-ortho nitro benzene ring substituents is 1. The van der Waals surface area contributed by atoms with Crippen molar-refractivity contribution in [2.24, 2.45) is 0 Å². The molecule has 292 valence electrons. The number of nitro benzene ring substituents is 1. The molecule has 9 nitrogen and oxygen atoms in total. The molecule has 0 N–H and O–H groups in total. The van der Waals surface area contributed by atoms with Crippen molar-refractivity contribution in [1.82, 2.24) is 0 Å². The van der Waals surface area contributed by atoms with Crippen molar-refractivity contribution in [3.05, 3.63) is 39.9 Å². The highest BCUT2D eigenvalue weighted by Gasteiger charge is 2.20. The first kappa shape index (κ1) is 46.1. The third kappa shape index (κ3) is 27.4. The number of hydrogen-bond acceptors (Lipinski definition) is 8. The van der Waals surface area contributed by atoms with Gasteiger partial charge in [-0.1, -0.05) is 168 Å². The number of nitro groups is 1. The molecule has 0 aliphatic carbocycles. The minimum absolute atomic E-state index is 0.136. The zero-order valence-electron chi connectivity index (χ0n) is 32.3. The van der Waals surface area contributed by atoms with Crippen LogP contribution in [-0.2, 0) is 23.8 Å². The third-order valence-electron chi connectivity index (χ3n) is 9.41. The third-order valence-corrected chi connectivity index (χ3v) is 9.41. The van der Waals surface area contributed by atoms with Crippen LogP contribution in [0.2, 0.25) is 0 Å². The molecular formula is C42H71NO8. The van der Waals surface area contributed by atoms with Crippen molar-refractivity contribution in [3.8, 4) is 0 Å². The summed E-state index contributed by atoms with van der Waals surface area (Å²) >= 11 is 0. The van der Waals surface area contributed by atoms with Gasteiger partial charge in [0.25, 0.3) is 5.69 Å². The summed E-state index contributed by atoms with van der Waals surface area (Å²) < 4.78 is 16.4. The lowest BCUT2D eigenvalue weighted by Crippen LogP contribution is -2.31. The molecule has 0 heterocycles. The number of rotatable bonds is 35. The fourth-order valence-electron chi connectivity index (χ4n) is 6.16. The molecule has 0 saturated carbocycles. The lowest BCUT2D eigenvalue weighted by atomic mass is 10.0. The monoisotopic (exact) mass is 718 g/mol. The van der Waals surface area contributed by atoms with E-state index in [0.29, 0.717) is 12.8 Å². The molecule has 0 saturated heterocycles. The molecule has 9 heteroatoms. The number of carbonyl (C=O) groups is 3. The van der Waals surface area contributed by atoms with E-state index < -0.39 is 23.0 Å². The topological polar surface area (TPSA) is 122 Å². The molecule has 0 bridgehead atoms. The molecular weight excluding hydrogens is 646 g/mol. The first-order valence-electron chi connectivity index (χ1n) is 20.6. The molecule has 0 aromatic heterocycles. The molecule has 0 unspecified atom stereocenters. The van der Waals surface area contributed by atoms with E-state index in [9.17, 15) is 24.5 Å². The predicted octanol–water partition coefficient (Wildman–Crippen LogP) is 12.2. The van der Waals surface area contributed by atoms with E-state index in [1.54, 1.807) is 0 Å².